The van der Waals surface area contributed by atoms with Crippen LogP contribution in [-0.2, 0) is 14.3 Å². The summed E-state index contributed by atoms with van der Waals surface area (Å²) in [7, 11) is 1.26. The predicted octanol–water partition coefficient (Wildman–Crippen LogP) is 3.13. The average Bonchev–Trinajstić information content (AvgIpc) is 2.56. The molecule has 2 rings (SSSR count). The van der Waals surface area contributed by atoms with Crippen LogP contribution in [0.25, 0.3) is 6.08 Å². The second-order valence-electron chi connectivity index (χ2n) is 4.71. The lowest BCUT2D eigenvalue weighted by molar-refractivity contribution is -0.137. The van der Waals surface area contributed by atoms with Crippen molar-refractivity contribution in [3.8, 4) is 11.5 Å². The summed E-state index contributed by atoms with van der Waals surface area (Å²) in [5.74, 6) is 0.465. The van der Waals surface area contributed by atoms with Crippen molar-refractivity contribution in [1.82, 2.24) is 5.32 Å². The van der Waals surface area contributed by atoms with E-state index in [4.69, 9.17) is 4.74 Å². The van der Waals surface area contributed by atoms with Crippen LogP contribution in [0, 0.1) is 0 Å². The van der Waals surface area contributed by atoms with Crippen LogP contribution in [-0.4, -0.2) is 19.0 Å². The summed E-state index contributed by atoms with van der Waals surface area (Å²) in [4.78, 5) is 22.8. The van der Waals surface area contributed by atoms with Crippen molar-refractivity contribution >= 4 is 18.0 Å². The number of amides is 1. The molecule has 23 heavy (non-hydrogen) atoms. The second-order valence-corrected chi connectivity index (χ2v) is 4.71. The van der Waals surface area contributed by atoms with Crippen molar-refractivity contribution in [2.24, 2.45) is 0 Å². The maximum Gasteiger partial charge on any atom is 0.354 e. The Morgan fingerprint density at radius 2 is 1.57 bits per heavy atom. The first kappa shape index (κ1) is 16.3. The summed E-state index contributed by atoms with van der Waals surface area (Å²) in [6, 6.07) is 16.5. The molecule has 0 saturated carbocycles. The molecule has 0 aromatic heterocycles. The molecule has 0 fully saturated rings. The molecule has 0 radical (unpaired) electrons. The number of nitrogens with one attached hydrogen (secondary N) is 1. The van der Waals surface area contributed by atoms with Gasteiger partial charge in [0.05, 0.1) is 7.11 Å². The Morgan fingerprint density at radius 3 is 2.13 bits per heavy atom. The SMILES string of the molecule is COC(=O)/C(=C/c1ccc(Oc2ccccc2)cc1)NC(C)=O. The summed E-state index contributed by atoms with van der Waals surface area (Å²) in [5, 5.41) is 2.45. The van der Waals surface area contributed by atoms with Crippen LogP contribution >= 0.6 is 0 Å². The molecule has 0 aliphatic carbocycles. The van der Waals surface area contributed by atoms with Crippen molar-refractivity contribution in [1.29, 1.82) is 0 Å². The molecular formula is C18H17NO4. The van der Waals surface area contributed by atoms with Crippen LogP contribution in [0.4, 0.5) is 0 Å². The molecular weight excluding hydrogens is 294 g/mol. The highest BCUT2D eigenvalue weighted by Gasteiger charge is 2.11. The molecule has 0 bridgehead atoms. The van der Waals surface area contributed by atoms with Gasteiger partial charge in [0.15, 0.2) is 0 Å². The number of rotatable bonds is 5. The number of benzene rings is 2. The minimum absolute atomic E-state index is 0.0803. The van der Waals surface area contributed by atoms with Gasteiger partial charge in [0.25, 0.3) is 0 Å². The Bertz CT molecular complexity index is 706. The zero-order valence-corrected chi connectivity index (χ0v) is 12.9. The molecule has 0 spiro atoms. The number of methoxy groups -OCH3 is 1. The van der Waals surface area contributed by atoms with E-state index >= 15 is 0 Å². The Balaban J connectivity index is 2.15. The van der Waals surface area contributed by atoms with Gasteiger partial charge in [-0.3, -0.25) is 4.79 Å². The van der Waals surface area contributed by atoms with Crippen molar-refractivity contribution in [3.05, 3.63) is 65.9 Å². The lowest BCUT2D eigenvalue weighted by Gasteiger charge is -2.07. The molecule has 1 amide bonds. The molecule has 0 unspecified atom stereocenters. The summed E-state index contributed by atoms with van der Waals surface area (Å²) >= 11 is 0. The van der Waals surface area contributed by atoms with Gasteiger partial charge in [-0.1, -0.05) is 30.3 Å². The van der Waals surface area contributed by atoms with E-state index in [9.17, 15) is 9.59 Å². The molecule has 2 aromatic rings. The van der Waals surface area contributed by atoms with E-state index in [2.05, 4.69) is 10.1 Å². The zero-order chi connectivity index (χ0) is 16.7. The van der Waals surface area contributed by atoms with Crippen LogP contribution in [0.3, 0.4) is 0 Å². The minimum Gasteiger partial charge on any atom is -0.464 e. The Hall–Kier alpha value is -3.08. The summed E-state index contributed by atoms with van der Waals surface area (Å²) < 4.78 is 10.3. The van der Waals surface area contributed by atoms with Gasteiger partial charge < -0.3 is 14.8 Å². The number of ether oxygens (including phenoxy) is 2. The highest BCUT2D eigenvalue weighted by Crippen LogP contribution is 2.21. The van der Waals surface area contributed by atoms with E-state index in [1.807, 2.05) is 30.3 Å². The van der Waals surface area contributed by atoms with Crippen LogP contribution < -0.4 is 10.1 Å². The highest BCUT2D eigenvalue weighted by molar-refractivity contribution is 5.97. The first-order chi connectivity index (χ1) is 11.1. The fourth-order valence-corrected chi connectivity index (χ4v) is 1.87. The van der Waals surface area contributed by atoms with Crippen molar-refractivity contribution in [2.45, 2.75) is 6.92 Å². The molecule has 0 aliphatic rings. The quantitative estimate of drug-likeness (QED) is 0.680. The van der Waals surface area contributed by atoms with E-state index in [-0.39, 0.29) is 11.6 Å². The van der Waals surface area contributed by atoms with Crippen LogP contribution in [0.1, 0.15) is 12.5 Å². The van der Waals surface area contributed by atoms with Crippen molar-refractivity contribution in [2.75, 3.05) is 7.11 Å². The smallest absolute Gasteiger partial charge is 0.354 e. The average molecular weight is 311 g/mol. The van der Waals surface area contributed by atoms with E-state index < -0.39 is 5.97 Å². The van der Waals surface area contributed by atoms with Crippen molar-refractivity contribution < 1.29 is 19.1 Å². The number of para-hydroxylation sites is 1. The number of hydrogen-bond donors (Lipinski definition) is 1. The number of esters is 1. The standard InChI is InChI=1S/C18H17NO4/c1-13(20)19-17(18(21)22-2)12-14-8-10-16(11-9-14)23-15-6-4-3-5-7-15/h3-12H,1-2H3,(H,19,20)/b17-12-. The van der Waals surface area contributed by atoms with Gasteiger partial charge in [0.2, 0.25) is 5.91 Å². The fraction of sp³-hybridized carbons (Fsp3) is 0.111. The minimum atomic E-state index is -0.607. The third kappa shape index (κ3) is 5.00. The molecule has 118 valence electrons. The molecule has 2 aromatic carbocycles. The number of hydrogen-bond acceptors (Lipinski definition) is 4. The summed E-state index contributed by atoms with van der Waals surface area (Å²) in [6.07, 6.45) is 1.54. The van der Waals surface area contributed by atoms with E-state index in [1.54, 1.807) is 30.3 Å². The van der Waals surface area contributed by atoms with Crippen LogP contribution in [0.5, 0.6) is 11.5 Å². The van der Waals surface area contributed by atoms with Gasteiger partial charge in [0, 0.05) is 6.92 Å². The lowest BCUT2D eigenvalue weighted by Crippen LogP contribution is -2.25. The molecule has 0 aliphatic heterocycles. The zero-order valence-electron chi connectivity index (χ0n) is 12.9. The Morgan fingerprint density at radius 1 is 0.957 bits per heavy atom. The van der Waals surface area contributed by atoms with Gasteiger partial charge in [-0.05, 0) is 35.9 Å². The third-order valence-electron chi connectivity index (χ3n) is 2.89. The largest absolute Gasteiger partial charge is 0.464 e. The molecule has 5 heteroatoms. The summed E-state index contributed by atoms with van der Waals surface area (Å²) in [6.45, 7) is 1.33. The molecule has 0 atom stereocenters. The van der Waals surface area contributed by atoms with Crippen LogP contribution in [0.15, 0.2) is 60.3 Å². The first-order valence-electron chi connectivity index (χ1n) is 6.99. The van der Waals surface area contributed by atoms with E-state index in [0.29, 0.717) is 5.75 Å². The molecule has 5 nitrogen and oxygen atoms in total. The van der Waals surface area contributed by atoms with Crippen molar-refractivity contribution in [3.63, 3.8) is 0 Å². The Kier molecular flexibility index (Phi) is 5.52. The van der Waals surface area contributed by atoms with Crippen LogP contribution in [0.2, 0.25) is 0 Å². The second kappa shape index (κ2) is 7.79. The van der Waals surface area contributed by atoms with Gasteiger partial charge in [-0.25, -0.2) is 4.79 Å². The van der Waals surface area contributed by atoms with E-state index in [1.165, 1.54) is 14.0 Å². The topological polar surface area (TPSA) is 64.6 Å². The van der Waals surface area contributed by atoms with E-state index in [0.717, 1.165) is 11.3 Å². The monoisotopic (exact) mass is 311 g/mol. The first-order valence-corrected chi connectivity index (χ1v) is 6.99. The number of carbonyl (C=O) groups excluding carboxylic acids is 2. The van der Waals surface area contributed by atoms with Gasteiger partial charge in [0.1, 0.15) is 17.2 Å². The van der Waals surface area contributed by atoms with Gasteiger partial charge >= 0.3 is 5.97 Å². The molecule has 1 N–H and O–H groups in total. The highest BCUT2D eigenvalue weighted by atomic mass is 16.5. The maximum absolute atomic E-state index is 11.6. The Labute approximate surface area is 134 Å². The lowest BCUT2D eigenvalue weighted by atomic mass is 10.2. The van der Waals surface area contributed by atoms with Gasteiger partial charge in [-0.2, -0.15) is 0 Å². The predicted molar refractivity (Wildman–Crippen MR) is 86.8 cm³/mol. The maximum atomic E-state index is 11.6. The third-order valence-corrected chi connectivity index (χ3v) is 2.89. The molecule has 0 saturated heterocycles. The fourth-order valence-electron chi connectivity index (χ4n) is 1.87. The molecule has 0 heterocycles. The normalized spacial score (nSPS) is 10.8. The summed E-state index contributed by atoms with van der Waals surface area (Å²) in [5.41, 5.74) is 0.816. The van der Waals surface area contributed by atoms with Gasteiger partial charge in [-0.15, -0.1) is 0 Å². The number of carbonyl (C=O) groups is 2.